The zero-order chi connectivity index (χ0) is 19.0. The summed E-state index contributed by atoms with van der Waals surface area (Å²) in [4.78, 5) is 4.73. The van der Waals surface area contributed by atoms with Crippen LogP contribution in [-0.2, 0) is 0 Å². The van der Waals surface area contributed by atoms with Gasteiger partial charge in [-0.05, 0) is 43.3 Å². The summed E-state index contributed by atoms with van der Waals surface area (Å²) in [7, 11) is 0. The maximum Gasteiger partial charge on any atom is 0.130 e. The topological polar surface area (TPSA) is 37.3 Å². The van der Waals surface area contributed by atoms with Crippen LogP contribution in [0.5, 0.6) is 0 Å². The number of nitrogens with one attached hydrogen (secondary N) is 1. The average Bonchev–Trinajstić information content (AvgIpc) is 3.11. The minimum atomic E-state index is -0.322. The van der Waals surface area contributed by atoms with Gasteiger partial charge in [-0.25, -0.2) is 4.39 Å². The quantitative estimate of drug-likeness (QED) is 0.534. The highest BCUT2D eigenvalue weighted by Crippen LogP contribution is 2.32. The maximum atomic E-state index is 14.2. The standard InChI is InChI=1S/C21H16BrClFN3/c1-12-15(9-10-18(25-12)13-5-7-14(22)8-6-13)19-11-20(27-26-19)21-16(23)3-2-4-17(21)24/h2-10,20,27H,11H2,1H3. The van der Waals surface area contributed by atoms with Gasteiger partial charge in [-0.3, -0.25) is 4.98 Å². The third-order valence-electron chi connectivity index (χ3n) is 4.64. The molecule has 1 aliphatic rings. The van der Waals surface area contributed by atoms with E-state index in [4.69, 9.17) is 16.6 Å². The molecule has 2 heterocycles. The average molecular weight is 445 g/mol. The Kier molecular flexibility index (Phi) is 4.98. The summed E-state index contributed by atoms with van der Waals surface area (Å²) < 4.78 is 15.2. The number of rotatable bonds is 3. The van der Waals surface area contributed by atoms with Gasteiger partial charge < -0.3 is 5.43 Å². The normalized spacial score (nSPS) is 16.1. The van der Waals surface area contributed by atoms with E-state index in [-0.39, 0.29) is 11.9 Å². The van der Waals surface area contributed by atoms with E-state index in [0.717, 1.165) is 32.7 Å². The Morgan fingerprint density at radius 1 is 1.11 bits per heavy atom. The van der Waals surface area contributed by atoms with Crippen LogP contribution in [0.3, 0.4) is 0 Å². The van der Waals surface area contributed by atoms with Crippen molar-refractivity contribution in [1.82, 2.24) is 10.4 Å². The molecule has 2 aromatic carbocycles. The predicted molar refractivity (Wildman–Crippen MR) is 111 cm³/mol. The highest BCUT2D eigenvalue weighted by molar-refractivity contribution is 9.10. The van der Waals surface area contributed by atoms with E-state index in [1.165, 1.54) is 6.07 Å². The Morgan fingerprint density at radius 2 is 1.89 bits per heavy atom. The minimum Gasteiger partial charge on any atom is -0.302 e. The molecular weight excluding hydrogens is 429 g/mol. The minimum absolute atomic E-state index is 0.278. The van der Waals surface area contributed by atoms with Crippen molar-refractivity contribution in [3.63, 3.8) is 0 Å². The second-order valence-corrected chi connectivity index (χ2v) is 7.74. The molecule has 1 N–H and O–H groups in total. The lowest BCUT2D eigenvalue weighted by atomic mass is 9.97. The number of pyridine rings is 1. The number of aromatic nitrogens is 1. The van der Waals surface area contributed by atoms with Gasteiger partial charge in [-0.15, -0.1) is 0 Å². The first-order valence-corrected chi connectivity index (χ1v) is 9.70. The van der Waals surface area contributed by atoms with Crippen molar-refractivity contribution in [3.8, 4) is 11.3 Å². The molecule has 0 radical (unpaired) electrons. The largest absolute Gasteiger partial charge is 0.302 e. The van der Waals surface area contributed by atoms with Gasteiger partial charge in [0.05, 0.1) is 17.4 Å². The molecule has 0 amide bonds. The fourth-order valence-corrected chi connectivity index (χ4v) is 3.83. The van der Waals surface area contributed by atoms with Crippen LogP contribution in [0, 0.1) is 12.7 Å². The third kappa shape index (κ3) is 3.62. The van der Waals surface area contributed by atoms with Gasteiger partial charge in [0.25, 0.3) is 0 Å². The Labute approximate surface area is 170 Å². The summed E-state index contributed by atoms with van der Waals surface area (Å²) in [6, 6.07) is 16.5. The first-order valence-electron chi connectivity index (χ1n) is 8.53. The lowest BCUT2D eigenvalue weighted by Crippen LogP contribution is -2.12. The van der Waals surface area contributed by atoms with Crippen LogP contribution in [0.4, 0.5) is 4.39 Å². The van der Waals surface area contributed by atoms with Crippen molar-refractivity contribution >= 4 is 33.2 Å². The summed E-state index contributed by atoms with van der Waals surface area (Å²) >= 11 is 9.63. The molecule has 0 saturated carbocycles. The summed E-state index contributed by atoms with van der Waals surface area (Å²) in [6.07, 6.45) is 0.556. The Balaban J connectivity index is 1.59. The van der Waals surface area contributed by atoms with Gasteiger partial charge in [-0.1, -0.05) is 45.7 Å². The van der Waals surface area contributed by atoms with Gasteiger partial charge in [0.1, 0.15) is 5.82 Å². The molecule has 0 spiro atoms. The van der Waals surface area contributed by atoms with Crippen LogP contribution >= 0.6 is 27.5 Å². The van der Waals surface area contributed by atoms with Gasteiger partial charge in [0, 0.05) is 38.3 Å². The molecule has 0 fully saturated rings. The summed E-state index contributed by atoms with van der Waals surface area (Å²) in [5.74, 6) is -0.322. The zero-order valence-corrected chi connectivity index (χ0v) is 16.9. The van der Waals surface area contributed by atoms with Crippen LogP contribution in [0.15, 0.2) is 64.2 Å². The van der Waals surface area contributed by atoms with Crippen LogP contribution < -0.4 is 5.43 Å². The molecule has 0 saturated heterocycles. The van der Waals surface area contributed by atoms with Crippen molar-refractivity contribution in [1.29, 1.82) is 0 Å². The summed E-state index contributed by atoms with van der Waals surface area (Å²) in [6.45, 7) is 1.96. The number of benzene rings is 2. The molecule has 3 aromatic rings. The van der Waals surface area contributed by atoms with Gasteiger partial charge in [-0.2, -0.15) is 5.10 Å². The zero-order valence-electron chi connectivity index (χ0n) is 14.5. The molecule has 0 aliphatic carbocycles. The van der Waals surface area contributed by atoms with Crippen molar-refractivity contribution in [2.45, 2.75) is 19.4 Å². The van der Waals surface area contributed by atoms with E-state index in [2.05, 4.69) is 26.5 Å². The number of hydrogen-bond acceptors (Lipinski definition) is 3. The van der Waals surface area contributed by atoms with Crippen LogP contribution in [0.2, 0.25) is 5.02 Å². The second kappa shape index (κ2) is 7.41. The first-order chi connectivity index (χ1) is 13.0. The second-order valence-electron chi connectivity index (χ2n) is 6.42. The molecule has 1 aromatic heterocycles. The maximum absolute atomic E-state index is 14.2. The molecule has 6 heteroatoms. The van der Waals surface area contributed by atoms with Crippen LogP contribution in [-0.4, -0.2) is 10.7 Å². The molecule has 1 atom stereocenters. The smallest absolute Gasteiger partial charge is 0.130 e. The van der Waals surface area contributed by atoms with Gasteiger partial charge >= 0.3 is 0 Å². The Hall–Kier alpha value is -2.24. The molecule has 3 nitrogen and oxygen atoms in total. The van der Waals surface area contributed by atoms with E-state index >= 15 is 0 Å². The number of hydrogen-bond donors (Lipinski definition) is 1. The van der Waals surface area contributed by atoms with Crippen molar-refractivity contribution in [2.24, 2.45) is 5.10 Å². The number of nitrogens with zero attached hydrogens (tertiary/aromatic N) is 2. The number of halogens is 3. The molecule has 4 rings (SSSR count). The summed E-state index contributed by atoms with van der Waals surface area (Å²) in [5.41, 5.74) is 8.12. The van der Waals surface area contributed by atoms with E-state index < -0.39 is 0 Å². The van der Waals surface area contributed by atoms with Crippen LogP contribution in [0.1, 0.15) is 29.3 Å². The fraction of sp³-hybridized carbons (Fsp3) is 0.143. The van der Waals surface area contributed by atoms with Crippen molar-refractivity contribution in [3.05, 3.63) is 86.7 Å². The predicted octanol–water partition coefficient (Wildman–Crippen LogP) is 6.05. The lowest BCUT2D eigenvalue weighted by molar-refractivity contribution is 0.549. The van der Waals surface area contributed by atoms with E-state index in [9.17, 15) is 4.39 Å². The fourth-order valence-electron chi connectivity index (χ4n) is 3.27. The van der Waals surface area contributed by atoms with E-state index in [1.54, 1.807) is 12.1 Å². The molecule has 1 unspecified atom stereocenters. The molecular formula is C21H16BrClFN3. The Morgan fingerprint density at radius 3 is 2.59 bits per heavy atom. The highest BCUT2D eigenvalue weighted by atomic mass is 79.9. The molecule has 0 bridgehead atoms. The Bertz CT molecular complexity index is 1010. The lowest BCUT2D eigenvalue weighted by Gasteiger charge is -2.13. The van der Waals surface area contributed by atoms with Crippen molar-refractivity contribution in [2.75, 3.05) is 0 Å². The number of aryl methyl sites for hydroxylation is 1. The summed E-state index contributed by atoms with van der Waals surface area (Å²) in [5, 5.41) is 4.82. The third-order valence-corrected chi connectivity index (χ3v) is 5.50. The number of hydrazone groups is 1. The SMILES string of the molecule is Cc1nc(-c2ccc(Br)cc2)ccc1C1=NNC(c2c(F)cccc2Cl)C1. The van der Waals surface area contributed by atoms with Gasteiger partial charge in [0.15, 0.2) is 0 Å². The van der Waals surface area contributed by atoms with Crippen molar-refractivity contribution < 1.29 is 4.39 Å². The molecule has 136 valence electrons. The molecule has 27 heavy (non-hydrogen) atoms. The van der Waals surface area contributed by atoms with E-state index in [0.29, 0.717) is 17.0 Å². The van der Waals surface area contributed by atoms with Gasteiger partial charge in [0.2, 0.25) is 0 Å². The monoisotopic (exact) mass is 443 g/mol. The van der Waals surface area contributed by atoms with E-state index in [1.807, 2.05) is 43.3 Å². The first kappa shape index (κ1) is 18.1. The molecule has 1 aliphatic heterocycles. The van der Waals surface area contributed by atoms with Crippen LogP contribution in [0.25, 0.3) is 11.3 Å². The highest BCUT2D eigenvalue weighted by Gasteiger charge is 2.26.